The Balaban J connectivity index is 2.64. The fourth-order valence-corrected chi connectivity index (χ4v) is 0.486. The molecule has 0 aromatic rings. The zero-order valence-electron chi connectivity index (χ0n) is 4.78. The van der Waals surface area contributed by atoms with Crippen LogP contribution in [0.2, 0.25) is 0 Å². The van der Waals surface area contributed by atoms with Gasteiger partial charge in [-0.05, 0) is 0 Å². The maximum absolute atomic E-state index is 5.36. The van der Waals surface area contributed by atoms with Gasteiger partial charge in [-0.3, -0.25) is 5.01 Å². The molecule has 0 atom stereocenters. The summed E-state index contributed by atoms with van der Waals surface area (Å²) in [6.45, 7) is 0.531. The number of nitrogens with two attached hydrogens (primary N) is 2. The topological polar surface area (TPSA) is 92.0 Å². The number of nitrogens with zero attached hydrogens (tertiary/aromatic N) is 3. The van der Waals surface area contributed by atoms with Gasteiger partial charge >= 0.3 is 0 Å². The van der Waals surface area contributed by atoms with Crippen LogP contribution in [-0.4, -0.2) is 23.7 Å². The van der Waals surface area contributed by atoms with E-state index in [4.69, 9.17) is 11.7 Å². The lowest BCUT2D eigenvalue weighted by Gasteiger charge is -2.19. The number of hydrazone groups is 2. The molecule has 5 N–H and O–H groups in total. The van der Waals surface area contributed by atoms with E-state index >= 15 is 0 Å². The van der Waals surface area contributed by atoms with Crippen molar-refractivity contribution in [2.24, 2.45) is 21.9 Å². The monoisotopic (exact) mass is 128 g/mol. The number of hydrogen-bond acceptors (Lipinski definition) is 4. The van der Waals surface area contributed by atoms with Crippen molar-refractivity contribution in [2.75, 3.05) is 6.54 Å². The molecule has 0 bridgehead atoms. The molecule has 0 saturated carbocycles. The van der Waals surface area contributed by atoms with Crippen LogP contribution >= 0.6 is 0 Å². The van der Waals surface area contributed by atoms with Crippen LogP contribution in [0.5, 0.6) is 0 Å². The Labute approximate surface area is 52.2 Å². The highest BCUT2D eigenvalue weighted by Crippen LogP contribution is 1.81. The Morgan fingerprint density at radius 2 is 2.67 bits per heavy atom. The molecule has 0 aromatic carbocycles. The third-order valence-electron chi connectivity index (χ3n) is 0.929. The molecule has 0 fully saturated rings. The second kappa shape index (κ2) is 2.31. The smallest absolute Gasteiger partial charge is 0.251 e. The molecule has 0 saturated heterocycles. The number of hydrogen-bond donors (Lipinski definition) is 3. The molecule has 0 spiro atoms. The molecule has 1 aliphatic heterocycles. The average Bonchev–Trinajstić information content (AvgIpc) is 1.89. The summed E-state index contributed by atoms with van der Waals surface area (Å²) in [6.07, 6.45) is 1.62. The summed E-state index contributed by atoms with van der Waals surface area (Å²) in [5, 5.41) is 8.35. The predicted molar refractivity (Wildman–Crippen MR) is 34.1 cm³/mol. The molecule has 0 radical (unpaired) electrons. The normalized spacial score (nSPS) is 22.3. The van der Waals surface area contributed by atoms with Gasteiger partial charge in [0.2, 0.25) is 0 Å². The van der Waals surface area contributed by atoms with Crippen LogP contribution in [0, 0.1) is 0 Å². The van der Waals surface area contributed by atoms with Crippen LogP contribution in [0.4, 0.5) is 0 Å². The van der Waals surface area contributed by atoms with Gasteiger partial charge in [-0.25, -0.2) is 11.3 Å². The number of hydrazine groups is 1. The van der Waals surface area contributed by atoms with E-state index in [0.717, 1.165) is 0 Å². The van der Waals surface area contributed by atoms with Crippen LogP contribution in [0.25, 0.3) is 0 Å². The SMILES string of the molecule is NN=C1NN=CCN1N. The van der Waals surface area contributed by atoms with Crippen molar-refractivity contribution in [1.82, 2.24) is 10.4 Å². The average molecular weight is 128 g/mol. The Kier molecular flexibility index (Phi) is 1.50. The number of rotatable bonds is 0. The minimum absolute atomic E-state index is 0.373. The quantitative estimate of drug-likeness (QED) is 0.259. The van der Waals surface area contributed by atoms with Gasteiger partial charge in [0.05, 0.1) is 6.54 Å². The fourth-order valence-electron chi connectivity index (χ4n) is 0.486. The number of guanidine groups is 1. The molecule has 0 unspecified atom stereocenters. The van der Waals surface area contributed by atoms with Crippen LogP contribution in [-0.2, 0) is 0 Å². The summed E-state index contributed by atoms with van der Waals surface area (Å²) in [7, 11) is 0. The Morgan fingerprint density at radius 1 is 1.89 bits per heavy atom. The summed E-state index contributed by atoms with van der Waals surface area (Å²) in [4.78, 5) is 0. The summed E-state index contributed by atoms with van der Waals surface area (Å²) in [6, 6.07) is 0. The molecular formula is C3H8N6. The third kappa shape index (κ3) is 1.08. The Hall–Kier alpha value is -1.30. The van der Waals surface area contributed by atoms with Crippen molar-refractivity contribution in [3.8, 4) is 0 Å². The first kappa shape index (κ1) is 5.83. The van der Waals surface area contributed by atoms with Crippen molar-refractivity contribution in [3.63, 3.8) is 0 Å². The minimum atomic E-state index is 0.373. The summed E-state index contributed by atoms with van der Waals surface area (Å²) in [5.74, 6) is 10.7. The maximum atomic E-state index is 5.36. The molecule has 1 heterocycles. The highest BCUT2D eigenvalue weighted by Gasteiger charge is 2.06. The lowest BCUT2D eigenvalue weighted by atomic mass is 10.6. The Bertz CT molecular complexity index is 148. The highest BCUT2D eigenvalue weighted by molar-refractivity contribution is 5.84. The van der Waals surface area contributed by atoms with Crippen molar-refractivity contribution in [1.29, 1.82) is 0 Å². The molecule has 1 rings (SSSR count). The minimum Gasteiger partial charge on any atom is -0.320 e. The predicted octanol–water partition coefficient (Wildman–Crippen LogP) is -2.02. The van der Waals surface area contributed by atoms with E-state index in [0.29, 0.717) is 12.5 Å². The van der Waals surface area contributed by atoms with Gasteiger partial charge in [0.15, 0.2) is 0 Å². The first-order valence-corrected chi connectivity index (χ1v) is 2.42. The maximum Gasteiger partial charge on any atom is 0.251 e. The molecule has 50 valence electrons. The van der Waals surface area contributed by atoms with Gasteiger partial charge in [-0.1, -0.05) is 0 Å². The molecule has 0 amide bonds. The zero-order chi connectivity index (χ0) is 6.69. The zero-order valence-corrected chi connectivity index (χ0v) is 4.78. The Morgan fingerprint density at radius 3 is 3.11 bits per heavy atom. The van der Waals surface area contributed by atoms with E-state index in [1.165, 1.54) is 5.01 Å². The fraction of sp³-hybridized carbons (Fsp3) is 0.333. The molecule has 0 aromatic heterocycles. The largest absolute Gasteiger partial charge is 0.320 e. The standard InChI is InChI=1S/C3H8N6/c4-7-3-8-6-1-2-9(3)5/h1H,2,4-5H2,(H,7,8). The lowest BCUT2D eigenvalue weighted by molar-refractivity contribution is 0.470. The summed E-state index contributed by atoms with van der Waals surface area (Å²) < 4.78 is 0. The molecule has 6 heteroatoms. The van der Waals surface area contributed by atoms with Crippen LogP contribution < -0.4 is 17.1 Å². The van der Waals surface area contributed by atoms with Gasteiger partial charge < -0.3 is 5.84 Å². The molecule has 6 nitrogen and oxygen atoms in total. The highest BCUT2D eigenvalue weighted by atomic mass is 15.6. The first-order valence-electron chi connectivity index (χ1n) is 2.42. The van der Waals surface area contributed by atoms with Crippen LogP contribution in [0.3, 0.4) is 0 Å². The van der Waals surface area contributed by atoms with E-state index in [1.54, 1.807) is 6.21 Å². The van der Waals surface area contributed by atoms with Gasteiger partial charge in [0.25, 0.3) is 5.96 Å². The second-order valence-electron chi connectivity index (χ2n) is 1.53. The summed E-state index contributed by atoms with van der Waals surface area (Å²) >= 11 is 0. The van der Waals surface area contributed by atoms with Crippen molar-refractivity contribution in [3.05, 3.63) is 0 Å². The van der Waals surface area contributed by atoms with E-state index in [2.05, 4.69) is 15.6 Å². The van der Waals surface area contributed by atoms with Gasteiger partial charge in [0, 0.05) is 6.21 Å². The van der Waals surface area contributed by atoms with E-state index in [-0.39, 0.29) is 0 Å². The first-order chi connectivity index (χ1) is 4.34. The lowest BCUT2D eigenvalue weighted by Crippen LogP contribution is -2.48. The van der Waals surface area contributed by atoms with Crippen molar-refractivity contribution in [2.45, 2.75) is 0 Å². The van der Waals surface area contributed by atoms with Crippen LogP contribution in [0.1, 0.15) is 0 Å². The summed E-state index contributed by atoms with van der Waals surface area (Å²) in [5.41, 5.74) is 2.51. The van der Waals surface area contributed by atoms with E-state index in [9.17, 15) is 0 Å². The van der Waals surface area contributed by atoms with Gasteiger partial charge in [-0.2, -0.15) is 5.10 Å². The van der Waals surface area contributed by atoms with Crippen molar-refractivity contribution >= 4 is 12.2 Å². The molecule has 1 aliphatic rings. The van der Waals surface area contributed by atoms with Crippen LogP contribution in [0.15, 0.2) is 10.2 Å². The second-order valence-corrected chi connectivity index (χ2v) is 1.53. The molecular weight excluding hydrogens is 120 g/mol. The third-order valence-corrected chi connectivity index (χ3v) is 0.929. The number of nitrogens with one attached hydrogen (secondary N) is 1. The molecule has 9 heavy (non-hydrogen) atoms. The van der Waals surface area contributed by atoms with Crippen molar-refractivity contribution < 1.29 is 0 Å². The van der Waals surface area contributed by atoms with E-state index < -0.39 is 0 Å². The molecule has 0 aliphatic carbocycles. The van der Waals surface area contributed by atoms with E-state index in [1.807, 2.05) is 0 Å². The van der Waals surface area contributed by atoms with Gasteiger partial charge in [0.1, 0.15) is 0 Å². The van der Waals surface area contributed by atoms with Gasteiger partial charge in [-0.15, -0.1) is 5.10 Å².